The summed E-state index contributed by atoms with van der Waals surface area (Å²) >= 11 is 0. The van der Waals surface area contributed by atoms with Gasteiger partial charge in [-0.15, -0.1) is 0 Å². The predicted octanol–water partition coefficient (Wildman–Crippen LogP) is 2.15. The van der Waals surface area contributed by atoms with Crippen molar-refractivity contribution in [2.75, 3.05) is 12.3 Å². The van der Waals surface area contributed by atoms with Crippen molar-refractivity contribution in [1.29, 1.82) is 0 Å². The molecular weight excluding hydrogens is 258 g/mol. The van der Waals surface area contributed by atoms with Gasteiger partial charge in [-0.3, -0.25) is 0 Å². The summed E-state index contributed by atoms with van der Waals surface area (Å²) in [7, 11) is -3.30. The smallest absolute Gasteiger partial charge is 0.162 e. The van der Waals surface area contributed by atoms with E-state index in [1.807, 2.05) is 60.7 Å². The molecule has 0 saturated carbocycles. The van der Waals surface area contributed by atoms with Crippen molar-refractivity contribution in [3.63, 3.8) is 0 Å². The summed E-state index contributed by atoms with van der Waals surface area (Å²) in [4.78, 5) is 0. The third-order valence-corrected chi connectivity index (χ3v) is 5.03. The Labute approximate surface area is 114 Å². The van der Waals surface area contributed by atoms with E-state index >= 15 is 0 Å². The van der Waals surface area contributed by atoms with Gasteiger partial charge in [0.2, 0.25) is 0 Å². The second-order valence-electron chi connectivity index (χ2n) is 4.36. The maximum Gasteiger partial charge on any atom is 0.162 e. The molecule has 0 amide bonds. The Morgan fingerprint density at radius 3 is 1.63 bits per heavy atom. The zero-order valence-electron chi connectivity index (χ0n) is 10.6. The van der Waals surface area contributed by atoms with E-state index in [1.165, 1.54) is 0 Å². The highest BCUT2D eigenvalue weighted by atomic mass is 32.2. The Kier molecular flexibility index (Phi) is 4.35. The van der Waals surface area contributed by atoms with Crippen LogP contribution in [0.5, 0.6) is 0 Å². The topological polar surface area (TPSA) is 60.2 Å². The van der Waals surface area contributed by atoms with Crippen molar-refractivity contribution >= 4 is 9.84 Å². The normalized spacial score (nSPS) is 11.7. The summed E-state index contributed by atoms with van der Waals surface area (Å²) in [5.41, 5.74) is 6.99. The van der Waals surface area contributed by atoms with E-state index in [0.29, 0.717) is 0 Å². The van der Waals surface area contributed by atoms with Crippen LogP contribution in [0.1, 0.15) is 16.4 Å². The van der Waals surface area contributed by atoms with Crippen molar-refractivity contribution in [3.8, 4) is 0 Å². The molecule has 19 heavy (non-hydrogen) atoms. The molecule has 0 bridgehead atoms. The average Bonchev–Trinajstić information content (AvgIpc) is 2.41. The zero-order chi connectivity index (χ0) is 13.7. The second kappa shape index (κ2) is 5.99. The van der Waals surface area contributed by atoms with Gasteiger partial charge in [-0.1, -0.05) is 60.7 Å². The molecule has 0 aromatic heterocycles. The van der Waals surface area contributed by atoms with Crippen molar-refractivity contribution in [2.24, 2.45) is 5.73 Å². The van der Waals surface area contributed by atoms with E-state index in [0.717, 1.165) is 11.1 Å². The molecule has 0 spiro atoms. The van der Waals surface area contributed by atoms with Gasteiger partial charge >= 0.3 is 0 Å². The van der Waals surface area contributed by atoms with Crippen LogP contribution in [0, 0.1) is 0 Å². The van der Waals surface area contributed by atoms with Gasteiger partial charge in [0.15, 0.2) is 9.84 Å². The molecule has 2 N–H and O–H groups in total. The molecule has 0 radical (unpaired) electrons. The van der Waals surface area contributed by atoms with Crippen LogP contribution < -0.4 is 5.73 Å². The Hall–Kier alpha value is -1.65. The fourth-order valence-electron chi connectivity index (χ4n) is 2.14. The van der Waals surface area contributed by atoms with Crippen LogP contribution in [0.4, 0.5) is 0 Å². The zero-order valence-corrected chi connectivity index (χ0v) is 11.4. The van der Waals surface area contributed by atoms with Gasteiger partial charge in [0.25, 0.3) is 0 Å². The van der Waals surface area contributed by atoms with Crippen LogP contribution >= 0.6 is 0 Å². The number of rotatable bonds is 5. The fraction of sp³-hybridized carbons (Fsp3) is 0.200. The van der Waals surface area contributed by atoms with Crippen molar-refractivity contribution in [3.05, 3.63) is 71.8 Å². The lowest BCUT2D eigenvalue weighted by Gasteiger charge is -2.18. The maximum atomic E-state index is 12.5. The van der Waals surface area contributed by atoms with Crippen LogP contribution in [0.25, 0.3) is 0 Å². The minimum Gasteiger partial charge on any atom is -0.329 e. The fourth-order valence-corrected chi connectivity index (χ4v) is 3.85. The molecule has 0 saturated heterocycles. The van der Waals surface area contributed by atoms with E-state index < -0.39 is 15.1 Å². The highest BCUT2D eigenvalue weighted by Crippen LogP contribution is 2.30. The number of hydrogen-bond donors (Lipinski definition) is 1. The quantitative estimate of drug-likeness (QED) is 0.909. The number of hydrogen-bond acceptors (Lipinski definition) is 3. The van der Waals surface area contributed by atoms with E-state index in [1.54, 1.807) is 0 Å². The molecule has 2 rings (SSSR count). The molecule has 2 aromatic rings. The lowest BCUT2D eigenvalue weighted by Crippen LogP contribution is -2.23. The summed E-state index contributed by atoms with van der Waals surface area (Å²) < 4.78 is 24.9. The third-order valence-electron chi connectivity index (χ3n) is 2.97. The molecule has 0 aliphatic carbocycles. The highest BCUT2D eigenvalue weighted by Gasteiger charge is 2.27. The molecule has 100 valence electrons. The number of sulfone groups is 1. The van der Waals surface area contributed by atoms with Gasteiger partial charge in [-0.05, 0) is 11.1 Å². The van der Waals surface area contributed by atoms with Crippen molar-refractivity contribution in [1.82, 2.24) is 0 Å². The molecule has 0 heterocycles. The molecule has 2 aromatic carbocycles. The predicted molar refractivity (Wildman–Crippen MR) is 77.6 cm³/mol. The Morgan fingerprint density at radius 1 is 0.842 bits per heavy atom. The summed E-state index contributed by atoms with van der Waals surface area (Å²) in [5, 5.41) is -0.640. The van der Waals surface area contributed by atoms with E-state index in [2.05, 4.69) is 0 Å². The van der Waals surface area contributed by atoms with Gasteiger partial charge in [-0.25, -0.2) is 8.42 Å². The van der Waals surface area contributed by atoms with Crippen LogP contribution in [0.15, 0.2) is 60.7 Å². The van der Waals surface area contributed by atoms with Gasteiger partial charge in [0, 0.05) is 6.54 Å². The van der Waals surface area contributed by atoms with Gasteiger partial charge < -0.3 is 5.73 Å². The first-order chi connectivity index (χ1) is 9.15. The summed E-state index contributed by atoms with van der Waals surface area (Å²) in [6.45, 7) is 0.137. The Bertz CT molecular complexity index is 570. The SMILES string of the molecule is NCCS(=O)(=O)C(c1ccccc1)c1ccccc1. The first kappa shape index (κ1) is 13.8. The highest BCUT2D eigenvalue weighted by molar-refractivity contribution is 7.91. The summed E-state index contributed by atoms with van der Waals surface area (Å²) in [6, 6.07) is 18.5. The number of nitrogens with two attached hydrogens (primary N) is 1. The van der Waals surface area contributed by atoms with Crippen LogP contribution in [0.2, 0.25) is 0 Å². The number of benzene rings is 2. The lowest BCUT2D eigenvalue weighted by atomic mass is 10.0. The molecule has 0 unspecified atom stereocenters. The largest absolute Gasteiger partial charge is 0.329 e. The van der Waals surface area contributed by atoms with E-state index in [-0.39, 0.29) is 12.3 Å². The lowest BCUT2D eigenvalue weighted by molar-refractivity contribution is 0.589. The Balaban J connectivity index is 2.52. The molecule has 0 atom stereocenters. The molecule has 0 aliphatic heterocycles. The standard InChI is InChI=1S/C15H17NO2S/c16-11-12-19(17,18)15(13-7-3-1-4-8-13)14-9-5-2-6-10-14/h1-10,15H,11-12,16H2. The second-order valence-corrected chi connectivity index (χ2v) is 6.56. The van der Waals surface area contributed by atoms with Crippen LogP contribution in [-0.2, 0) is 9.84 Å². The molecular formula is C15H17NO2S. The van der Waals surface area contributed by atoms with Crippen molar-refractivity contribution in [2.45, 2.75) is 5.25 Å². The summed E-state index contributed by atoms with van der Waals surface area (Å²) in [6.07, 6.45) is 0. The van der Waals surface area contributed by atoms with E-state index in [4.69, 9.17) is 5.73 Å². The monoisotopic (exact) mass is 275 g/mol. The minimum absolute atomic E-state index is 0.0124. The third kappa shape index (κ3) is 3.22. The molecule has 3 nitrogen and oxygen atoms in total. The van der Waals surface area contributed by atoms with Crippen LogP contribution in [-0.4, -0.2) is 20.7 Å². The Morgan fingerprint density at radius 2 is 1.26 bits per heavy atom. The first-order valence-corrected chi connectivity index (χ1v) is 7.88. The average molecular weight is 275 g/mol. The van der Waals surface area contributed by atoms with Crippen LogP contribution in [0.3, 0.4) is 0 Å². The van der Waals surface area contributed by atoms with Gasteiger partial charge in [0.05, 0.1) is 5.75 Å². The van der Waals surface area contributed by atoms with Gasteiger partial charge in [-0.2, -0.15) is 0 Å². The van der Waals surface area contributed by atoms with Gasteiger partial charge in [0.1, 0.15) is 5.25 Å². The minimum atomic E-state index is -3.30. The molecule has 0 fully saturated rings. The first-order valence-electron chi connectivity index (χ1n) is 6.16. The molecule has 0 aliphatic rings. The summed E-state index contributed by atoms with van der Waals surface area (Å²) in [5.74, 6) is -0.0124. The maximum absolute atomic E-state index is 12.5. The molecule has 4 heteroatoms. The van der Waals surface area contributed by atoms with E-state index in [9.17, 15) is 8.42 Å². The van der Waals surface area contributed by atoms with Crippen molar-refractivity contribution < 1.29 is 8.42 Å².